The van der Waals surface area contributed by atoms with Gasteiger partial charge in [-0.15, -0.1) is 0 Å². The third-order valence-electron chi connectivity index (χ3n) is 3.55. The standard InChI is InChI=1S/C12H19NO4/c1-6(2)5-13-11(14)9-7-3-4-8(17-7)10(9)12(15)16/h6-10H,3-5H2,1-2H3,(H,13,14)(H,15,16)/t7-,8-,9+,10+/m1/s1. The summed E-state index contributed by atoms with van der Waals surface area (Å²) in [6.07, 6.45) is 1.09. The zero-order valence-corrected chi connectivity index (χ0v) is 10.2. The van der Waals surface area contributed by atoms with E-state index in [0.29, 0.717) is 12.5 Å². The molecule has 96 valence electrons. The number of amides is 1. The first kappa shape index (κ1) is 12.4. The van der Waals surface area contributed by atoms with E-state index in [1.807, 2.05) is 13.8 Å². The van der Waals surface area contributed by atoms with E-state index >= 15 is 0 Å². The fourth-order valence-corrected chi connectivity index (χ4v) is 2.75. The van der Waals surface area contributed by atoms with E-state index < -0.39 is 17.8 Å². The van der Waals surface area contributed by atoms with Crippen LogP contribution >= 0.6 is 0 Å². The van der Waals surface area contributed by atoms with Gasteiger partial charge in [-0.05, 0) is 18.8 Å². The molecule has 0 aromatic rings. The van der Waals surface area contributed by atoms with Crippen molar-refractivity contribution in [3.63, 3.8) is 0 Å². The SMILES string of the molecule is CC(C)CNC(=O)[C@@H]1[C@@H](C(=O)O)[C@H]2CC[C@H]1O2. The number of carbonyl (C=O) groups excluding carboxylic acids is 1. The Morgan fingerprint density at radius 3 is 2.41 bits per heavy atom. The van der Waals surface area contributed by atoms with Gasteiger partial charge in [0.15, 0.2) is 0 Å². The number of carboxylic acid groups (broad SMARTS) is 1. The van der Waals surface area contributed by atoms with Crippen molar-refractivity contribution < 1.29 is 19.4 Å². The van der Waals surface area contributed by atoms with Gasteiger partial charge in [-0.25, -0.2) is 0 Å². The lowest BCUT2D eigenvalue weighted by molar-refractivity contribution is -0.147. The number of rotatable bonds is 4. The van der Waals surface area contributed by atoms with Gasteiger partial charge in [-0.1, -0.05) is 13.8 Å². The third kappa shape index (κ3) is 2.29. The minimum Gasteiger partial charge on any atom is -0.481 e. The van der Waals surface area contributed by atoms with Crippen molar-refractivity contribution in [3.8, 4) is 0 Å². The average Bonchev–Trinajstić information content (AvgIpc) is 2.84. The minimum absolute atomic E-state index is 0.168. The summed E-state index contributed by atoms with van der Waals surface area (Å²) in [7, 11) is 0. The summed E-state index contributed by atoms with van der Waals surface area (Å²) in [4.78, 5) is 23.2. The number of aliphatic carboxylic acids is 1. The summed E-state index contributed by atoms with van der Waals surface area (Å²) in [5, 5.41) is 12.0. The highest BCUT2D eigenvalue weighted by molar-refractivity contribution is 5.86. The molecule has 2 saturated heterocycles. The molecule has 2 bridgehead atoms. The van der Waals surface area contributed by atoms with Crippen LogP contribution in [0.3, 0.4) is 0 Å². The molecule has 0 unspecified atom stereocenters. The molecule has 0 aromatic heterocycles. The maximum absolute atomic E-state index is 12.0. The molecule has 5 heteroatoms. The summed E-state index contributed by atoms with van der Waals surface area (Å²) in [5.74, 6) is -1.90. The molecule has 0 aliphatic carbocycles. The molecular weight excluding hydrogens is 222 g/mol. The van der Waals surface area contributed by atoms with Crippen LogP contribution < -0.4 is 5.32 Å². The molecule has 0 spiro atoms. The number of ether oxygens (including phenoxy) is 1. The van der Waals surface area contributed by atoms with E-state index in [2.05, 4.69) is 5.32 Å². The highest BCUT2D eigenvalue weighted by Gasteiger charge is 2.55. The molecule has 0 radical (unpaired) electrons. The van der Waals surface area contributed by atoms with Crippen LogP contribution in [0.2, 0.25) is 0 Å². The van der Waals surface area contributed by atoms with Crippen LogP contribution in [0.1, 0.15) is 26.7 Å². The second kappa shape index (κ2) is 4.64. The number of carbonyl (C=O) groups is 2. The molecule has 2 aliphatic rings. The summed E-state index contributed by atoms with van der Waals surface area (Å²) >= 11 is 0. The smallest absolute Gasteiger partial charge is 0.310 e. The predicted octanol–water partition coefficient (Wildman–Crippen LogP) is 0.637. The molecule has 2 rings (SSSR count). The van der Waals surface area contributed by atoms with Gasteiger partial charge in [0.05, 0.1) is 24.0 Å². The Hall–Kier alpha value is -1.10. The van der Waals surface area contributed by atoms with Crippen LogP contribution in [0.5, 0.6) is 0 Å². The highest BCUT2D eigenvalue weighted by Crippen LogP contribution is 2.43. The first-order chi connectivity index (χ1) is 8.00. The van der Waals surface area contributed by atoms with E-state index in [9.17, 15) is 14.7 Å². The lowest BCUT2D eigenvalue weighted by atomic mass is 9.78. The first-order valence-corrected chi connectivity index (χ1v) is 6.16. The number of hydrogen-bond acceptors (Lipinski definition) is 3. The van der Waals surface area contributed by atoms with Crippen LogP contribution in [0, 0.1) is 17.8 Å². The fourth-order valence-electron chi connectivity index (χ4n) is 2.75. The number of fused-ring (bicyclic) bond motifs is 2. The first-order valence-electron chi connectivity index (χ1n) is 6.16. The lowest BCUT2D eigenvalue weighted by Gasteiger charge is -2.24. The van der Waals surface area contributed by atoms with Crippen LogP contribution in [-0.4, -0.2) is 35.7 Å². The molecular formula is C12H19NO4. The van der Waals surface area contributed by atoms with Crippen LogP contribution in [-0.2, 0) is 14.3 Å². The summed E-state index contributed by atoms with van der Waals surface area (Å²) in [5.41, 5.74) is 0. The topological polar surface area (TPSA) is 75.6 Å². The van der Waals surface area contributed by atoms with Crippen molar-refractivity contribution in [2.75, 3.05) is 6.54 Å². The molecule has 5 nitrogen and oxygen atoms in total. The number of nitrogens with one attached hydrogen (secondary N) is 1. The van der Waals surface area contributed by atoms with E-state index in [1.54, 1.807) is 0 Å². The van der Waals surface area contributed by atoms with Gasteiger partial charge in [0.2, 0.25) is 5.91 Å². The second-order valence-corrected chi connectivity index (χ2v) is 5.32. The highest BCUT2D eigenvalue weighted by atomic mass is 16.5. The number of carboxylic acids is 1. The molecule has 17 heavy (non-hydrogen) atoms. The maximum atomic E-state index is 12.0. The Bertz CT molecular complexity index is 328. The van der Waals surface area contributed by atoms with Crippen molar-refractivity contribution in [3.05, 3.63) is 0 Å². The molecule has 2 N–H and O–H groups in total. The van der Waals surface area contributed by atoms with Crippen molar-refractivity contribution in [2.24, 2.45) is 17.8 Å². The van der Waals surface area contributed by atoms with Gasteiger partial charge in [0.1, 0.15) is 0 Å². The second-order valence-electron chi connectivity index (χ2n) is 5.32. The van der Waals surface area contributed by atoms with Crippen molar-refractivity contribution in [2.45, 2.75) is 38.9 Å². The Morgan fingerprint density at radius 2 is 1.88 bits per heavy atom. The summed E-state index contributed by atoms with van der Waals surface area (Å²) in [6.45, 7) is 4.59. The van der Waals surface area contributed by atoms with Crippen molar-refractivity contribution in [1.82, 2.24) is 5.32 Å². The Kier molecular flexibility index (Phi) is 3.38. The Labute approximate surface area is 101 Å². The fraction of sp³-hybridized carbons (Fsp3) is 0.833. The molecule has 2 heterocycles. The van der Waals surface area contributed by atoms with Gasteiger partial charge in [-0.2, -0.15) is 0 Å². The zero-order chi connectivity index (χ0) is 12.6. The van der Waals surface area contributed by atoms with Gasteiger partial charge in [0, 0.05) is 6.54 Å². The monoisotopic (exact) mass is 241 g/mol. The molecule has 1 amide bonds. The normalized spacial score (nSPS) is 35.2. The zero-order valence-electron chi connectivity index (χ0n) is 10.2. The molecule has 2 aliphatic heterocycles. The largest absolute Gasteiger partial charge is 0.481 e. The van der Waals surface area contributed by atoms with Crippen molar-refractivity contribution in [1.29, 1.82) is 0 Å². The quantitative estimate of drug-likeness (QED) is 0.757. The van der Waals surface area contributed by atoms with Crippen molar-refractivity contribution >= 4 is 11.9 Å². The lowest BCUT2D eigenvalue weighted by Crippen LogP contribution is -2.44. The molecule has 2 fully saturated rings. The van der Waals surface area contributed by atoms with Crippen LogP contribution in [0.4, 0.5) is 0 Å². The maximum Gasteiger partial charge on any atom is 0.310 e. The average molecular weight is 241 g/mol. The molecule has 0 aromatic carbocycles. The summed E-state index contributed by atoms with van der Waals surface area (Å²) < 4.78 is 5.55. The van der Waals surface area contributed by atoms with E-state index in [-0.39, 0.29) is 18.1 Å². The van der Waals surface area contributed by atoms with Gasteiger partial charge in [-0.3, -0.25) is 9.59 Å². The minimum atomic E-state index is -0.915. The Balaban J connectivity index is 2.03. The van der Waals surface area contributed by atoms with E-state index in [4.69, 9.17) is 4.74 Å². The van der Waals surface area contributed by atoms with Crippen LogP contribution in [0.15, 0.2) is 0 Å². The van der Waals surface area contributed by atoms with Crippen LogP contribution in [0.25, 0.3) is 0 Å². The third-order valence-corrected chi connectivity index (χ3v) is 3.55. The Morgan fingerprint density at radius 1 is 1.29 bits per heavy atom. The van der Waals surface area contributed by atoms with E-state index in [1.165, 1.54) is 0 Å². The number of hydrogen-bond donors (Lipinski definition) is 2. The van der Waals surface area contributed by atoms with E-state index in [0.717, 1.165) is 12.8 Å². The van der Waals surface area contributed by atoms with Gasteiger partial charge in [0.25, 0.3) is 0 Å². The van der Waals surface area contributed by atoms with Gasteiger partial charge < -0.3 is 15.2 Å². The molecule has 4 atom stereocenters. The molecule has 0 saturated carbocycles. The predicted molar refractivity (Wildman–Crippen MR) is 60.4 cm³/mol. The summed E-state index contributed by atoms with van der Waals surface area (Å²) in [6, 6.07) is 0. The van der Waals surface area contributed by atoms with Gasteiger partial charge >= 0.3 is 5.97 Å².